The van der Waals surface area contributed by atoms with Gasteiger partial charge in [-0.25, -0.2) is 14.6 Å². The lowest BCUT2D eigenvalue weighted by Gasteiger charge is -2.38. The summed E-state index contributed by atoms with van der Waals surface area (Å²) in [6.45, 7) is 9.33. The quantitative estimate of drug-likeness (QED) is 0.929. The minimum Gasteiger partial charge on any atom is -0.382 e. The summed E-state index contributed by atoms with van der Waals surface area (Å²) in [7, 11) is 0. The Kier molecular flexibility index (Phi) is 4.06. The molecule has 1 saturated heterocycles. The number of aromatic nitrogens is 5. The Morgan fingerprint density at radius 1 is 1.30 bits per heavy atom. The third-order valence-electron chi connectivity index (χ3n) is 4.48. The van der Waals surface area contributed by atoms with Gasteiger partial charge in [-0.1, -0.05) is 5.21 Å². The summed E-state index contributed by atoms with van der Waals surface area (Å²) in [4.78, 5) is 11.0. The Balaban J connectivity index is 1.85. The fourth-order valence-electron chi connectivity index (χ4n) is 2.83. The van der Waals surface area contributed by atoms with E-state index in [1.54, 1.807) is 4.68 Å². The van der Waals surface area contributed by atoms with Crippen LogP contribution in [0, 0.1) is 13.8 Å². The van der Waals surface area contributed by atoms with Crippen molar-refractivity contribution < 1.29 is 5.11 Å². The molecule has 3 rings (SSSR count). The van der Waals surface area contributed by atoms with E-state index in [-0.39, 0.29) is 6.04 Å². The summed E-state index contributed by atoms with van der Waals surface area (Å²) in [6, 6.07) is 0.225. The first-order valence-corrected chi connectivity index (χ1v) is 8.09. The van der Waals surface area contributed by atoms with Crippen molar-refractivity contribution in [2.75, 3.05) is 18.0 Å². The predicted molar refractivity (Wildman–Crippen MR) is 87.3 cm³/mol. The minimum absolute atomic E-state index is 0.225. The normalized spacial score (nSPS) is 21.9. The number of hydrogen-bond donors (Lipinski definition) is 1. The summed E-state index contributed by atoms with van der Waals surface area (Å²) in [5, 5.41) is 19.4. The fraction of sp³-hybridized carbons (Fsp3) is 0.625. The maximum Gasteiger partial charge on any atom is 0.225 e. The predicted octanol–water partition coefficient (Wildman–Crippen LogP) is 1.75. The summed E-state index contributed by atoms with van der Waals surface area (Å²) in [5.74, 6) is 0.669. The standard InChI is InChI=1S/C16H24N6O/c1-11(2)22-9-14(19-20-22)16(23)6-5-7-21(10-16)15-17-8-12(3)13(4)18-15/h8-9,11,23H,5-7,10H2,1-4H3/t16-/m0/s1. The lowest BCUT2D eigenvalue weighted by atomic mass is 9.90. The third-order valence-corrected chi connectivity index (χ3v) is 4.48. The Hall–Kier alpha value is -2.02. The highest BCUT2D eigenvalue weighted by atomic mass is 16.3. The maximum absolute atomic E-state index is 11.1. The van der Waals surface area contributed by atoms with Crippen LogP contribution >= 0.6 is 0 Å². The van der Waals surface area contributed by atoms with Crippen LogP contribution in [-0.4, -0.2) is 43.2 Å². The molecule has 7 nitrogen and oxygen atoms in total. The second kappa shape index (κ2) is 5.88. The molecule has 0 radical (unpaired) electrons. The van der Waals surface area contributed by atoms with Crippen molar-refractivity contribution in [3.8, 4) is 0 Å². The van der Waals surface area contributed by atoms with Gasteiger partial charge in [-0.2, -0.15) is 0 Å². The molecule has 0 unspecified atom stereocenters. The van der Waals surface area contributed by atoms with Gasteiger partial charge < -0.3 is 10.0 Å². The van der Waals surface area contributed by atoms with E-state index in [0.717, 1.165) is 24.2 Å². The SMILES string of the molecule is Cc1cnc(N2CCC[C@@](O)(c3cn(C(C)C)nn3)C2)nc1C. The molecular weight excluding hydrogens is 292 g/mol. The zero-order valence-electron chi connectivity index (χ0n) is 14.2. The summed E-state index contributed by atoms with van der Waals surface area (Å²) in [5.41, 5.74) is 1.66. The number of nitrogens with zero attached hydrogens (tertiary/aromatic N) is 6. The summed E-state index contributed by atoms with van der Waals surface area (Å²) >= 11 is 0. The molecule has 0 saturated carbocycles. The van der Waals surface area contributed by atoms with Gasteiger partial charge in [0.1, 0.15) is 11.3 Å². The van der Waals surface area contributed by atoms with E-state index in [0.29, 0.717) is 24.6 Å². The first-order valence-electron chi connectivity index (χ1n) is 8.09. The molecule has 2 aromatic rings. The van der Waals surface area contributed by atoms with Gasteiger partial charge in [0, 0.05) is 24.5 Å². The zero-order valence-corrected chi connectivity index (χ0v) is 14.2. The monoisotopic (exact) mass is 316 g/mol. The lowest BCUT2D eigenvalue weighted by molar-refractivity contribution is 0.0172. The number of piperidine rings is 1. The van der Waals surface area contributed by atoms with E-state index < -0.39 is 5.60 Å². The second-order valence-electron chi connectivity index (χ2n) is 6.67. The Morgan fingerprint density at radius 2 is 2.09 bits per heavy atom. The Labute approximate surface area is 136 Å². The Bertz CT molecular complexity index is 698. The minimum atomic E-state index is -1.01. The van der Waals surface area contributed by atoms with Crippen LogP contribution in [0.15, 0.2) is 12.4 Å². The van der Waals surface area contributed by atoms with E-state index in [2.05, 4.69) is 20.3 Å². The molecule has 1 atom stereocenters. The molecule has 1 aliphatic heterocycles. The van der Waals surface area contributed by atoms with Crippen molar-refractivity contribution in [3.05, 3.63) is 29.3 Å². The average molecular weight is 316 g/mol. The number of aryl methyl sites for hydroxylation is 2. The van der Waals surface area contributed by atoms with Crippen LogP contribution in [0.25, 0.3) is 0 Å². The number of rotatable bonds is 3. The van der Waals surface area contributed by atoms with Gasteiger partial charge in [-0.05, 0) is 46.1 Å². The van der Waals surface area contributed by atoms with Crippen molar-refractivity contribution in [1.29, 1.82) is 0 Å². The van der Waals surface area contributed by atoms with Crippen LogP contribution in [-0.2, 0) is 5.60 Å². The third kappa shape index (κ3) is 3.06. The van der Waals surface area contributed by atoms with Crippen LogP contribution in [0.4, 0.5) is 5.95 Å². The molecule has 7 heteroatoms. The van der Waals surface area contributed by atoms with E-state index >= 15 is 0 Å². The zero-order chi connectivity index (χ0) is 16.6. The van der Waals surface area contributed by atoms with Gasteiger partial charge in [0.25, 0.3) is 0 Å². The van der Waals surface area contributed by atoms with E-state index in [1.165, 1.54) is 0 Å². The van der Waals surface area contributed by atoms with Crippen LogP contribution in [0.2, 0.25) is 0 Å². The molecule has 23 heavy (non-hydrogen) atoms. The summed E-state index contributed by atoms with van der Waals surface area (Å²) in [6.07, 6.45) is 5.21. The van der Waals surface area contributed by atoms with Gasteiger partial charge in [0.15, 0.2) is 0 Å². The second-order valence-corrected chi connectivity index (χ2v) is 6.67. The highest BCUT2D eigenvalue weighted by Gasteiger charge is 2.38. The molecule has 3 heterocycles. The van der Waals surface area contributed by atoms with Crippen molar-refractivity contribution >= 4 is 5.95 Å². The first kappa shape index (κ1) is 15.9. The van der Waals surface area contributed by atoms with Gasteiger partial charge in [-0.3, -0.25) is 0 Å². The van der Waals surface area contributed by atoms with E-state index in [1.807, 2.05) is 45.0 Å². The summed E-state index contributed by atoms with van der Waals surface area (Å²) < 4.78 is 1.78. The van der Waals surface area contributed by atoms with Crippen molar-refractivity contribution in [2.45, 2.75) is 52.2 Å². The van der Waals surface area contributed by atoms with Crippen molar-refractivity contribution in [2.24, 2.45) is 0 Å². The van der Waals surface area contributed by atoms with Crippen LogP contribution in [0.1, 0.15) is 49.7 Å². The molecule has 2 aromatic heterocycles. The highest BCUT2D eigenvalue weighted by molar-refractivity contribution is 5.35. The average Bonchev–Trinajstić information content (AvgIpc) is 3.01. The Morgan fingerprint density at radius 3 is 2.74 bits per heavy atom. The topological polar surface area (TPSA) is 80.0 Å². The molecule has 0 aromatic carbocycles. The van der Waals surface area contributed by atoms with Crippen LogP contribution < -0.4 is 4.90 Å². The smallest absolute Gasteiger partial charge is 0.225 e. The molecule has 0 bridgehead atoms. The van der Waals surface area contributed by atoms with Crippen LogP contribution in [0.3, 0.4) is 0 Å². The van der Waals surface area contributed by atoms with E-state index in [4.69, 9.17) is 0 Å². The molecule has 1 fully saturated rings. The van der Waals surface area contributed by atoms with Crippen molar-refractivity contribution in [3.63, 3.8) is 0 Å². The first-order chi connectivity index (χ1) is 10.9. The largest absolute Gasteiger partial charge is 0.382 e. The van der Waals surface area contributed by atoms with E-state index in [9.17, 15) is 5.11 Å². The number of anilines is 1. The molecule has 0 spiro atoms. The number of hydrogen-bond acceptors (Lipinski definition) is 6. The molecule has 1 N–H and O–H groups in total. The van der Waals surface area contributed by atoms with Gasteiger partial charge in [-0.15, -0.1) is 5.10 Å². The lowest BCUT2D eigenvalue weighted by Crippen LogP contribution is -2.47. The van der Waals surface area contributed by atoms with Gasteiger partial charge in [0.2, 0.25) is 5.95 Å². The maximum atomic E-state index is 11.1. The van der Waals surface area contributed by atoms with Gasteiger partial charge >= 0.3 is 0 Å². The fourth-order valence-corrected chi connectivity index (χ4v) is 2.83. The number of aliphatic hydroxyl groups is 1. The molecule has 124 valence electrons. The molecular formula is C16H24N6O. The highest BCUT2D eigenvalue weighted by Crippen LogP contribution is 2.32. The van der Waals surface area contributed by atoms with Crippen molar-refractivity contribution in [1.82, 2.24) is 25.0 Å². The molecule has 0 amide bonds. The number of β-amino-alcohol motifs (C(OH)–C–C–N with tert-alkyl or cyclic N) is 1. The van der Waals surface area contributed by atoms with Gasteiger partial charge in [0.05, 0.1) is 12.7 Å². The van der Waals surface area contributed by atoms with Crippen LogP contribution in [0.5, 0.6) is 0 Å². The molecule has 0 aliphatic carbocycles. The molecule has 1 aliphatic rings.